The molecule has 0 amide bonds. The second kappa shape index (κ2) is 6.79. The molecule has 1 N–H and O–H groups in total. The zero-order valence-electron chi connectivity index (χ0n) is 14.9. The summed E-state index contributed by atoms with van der Waals surface area (Å²) >= 11 is 0. The number of pyridine rings is 1. The van der Waals surface area contributed by atoms with Gasteiger partial charge in [0.05, 0.1) is 23.5 Å². The summed E-state index contributed by atoms with van der Waals surface area (Å²) in [6, 6.07) is 6.05. The Morgan fingerprint density at radius 3 is 2.78 bits per heavy atom. The smallest absolute Gasteiger partial charge is 0.317 e. The average Bonchev–Trinajstić information content (AvgIpc) is 3.22. The normalized spacial score (nSPS) is 15.3. The number of rotatable bonds is 2. The van der Waals surface area contributed by atoms with Crippen molar-refractivity contribution < 1.29 is 0 Å². The van der Waals surface area contributed by atoms with Crippen LogP contribution in [0.1, 0.15) is 18.9 Å². The lowest BCUT2D eigenvalue weighted by Gasteiger charge is -2.23. The SMILES string of the molecule is Cl.Cn1c(=O)n(C2CCNCC2)c2nc(-c3cnn4ccccc34)ncc21. The van der Waals surface area contributed by atoms with Crippen LogP contribution in [0.15, 0.2) is 41.6 Å². The summed E-state index contributed by atoms with van der Waals surface area (Å²) < 4.78 is 5.28. The molecule has 8 nitrogen and oxygen atoms in total. The molecule has 27 heavy (non-hydrogen) atoms. The van der Waals surface area contributed by atoms with Gasteiger partial charge in [-0.25, -0.2) is 19.3 Å². The van der Waals surface area contributed by atoms with Gasteiger partial charge < -0.3 is 5.32 Å². The van der Waals surface area contributed by atoms with Crippen molar-refractivity contribution in [1.29, 1.82) is 0 Å². The minimum Gasteiger partial charge on any atom is -0.317 e. The fourth-order valence-electron chi connectivity index (χ4n) is 3.77. The first-order chi connectivity index (χ1) is 12.7. The monoisotopic (exact) mass is 385 g/mol. The molecule has 5 heterocycles. The summed E-state index contributed by atoms with van der Waals surface area (Å²) in [5.74, 6) is 0.590. The van der Waals surface area contributed by atoms with E-state index in [1.54, 1.807) is 28.5 Å². The van der Waals surface area contributed by atoms with Crippen LogP contribution >= 0.6 is 12.4 Å². The van der Waals surface area contributed by atoms with Crippen LogP contribution in [0.25, 0.3) is 28.1 Å². The fourth-order valence-corrected chi connectivity index (χ4v) is 3.77. The van der Waals surface area contributed by atoms with E-state index in [0.29, 0.717) is 11.5 Å². The molecule has 9 heteroatoms. The summed E-state index contributed by atoms with van der Waals surface area (Å²) in [5.41, 5.74) is 3.23. The summed E-state index contributed by atoms with van der Waals surface area (Å²) in [6.45, 7) is 1.83. The lowest BCUT2D eigenvalue weighted by atomic mass is 10.1. The van der Waals surface area contributed by atoms with Crippen molar-refractivity contribution in [3.63, 3.8) is 0 Å². The van der Waals surface area contributed by atoms with E-state index in [1.807, 2.05) is 29.0 Å². The van der Waals surface area contributed by atoms with E-state index < -0.39 is 0 Å². The van der Waals surface area contributed by atoms with Gasteiger partial charge in [-0.05, 0) is 38.1 Å². The van der Waals surface area contributed by atoms with Gasteiger partial charge in [0.25, 0.3) is 0 Å². The maximum absolute atomic E-state index is 12.8. The molecule has 0 aromatic carbocycles. The molecule has 1 saturated heterocycles. The van der Waals surface area contributed by atoms with Gasteiger partial charge in [-0.15, -0.1) is 12.4 Å². The Bertz CT molecular complexity index is 1170. The quantitative estimate of drug-likeness (QED) is 0.569. The number of aryl methyl sites for hydroxylation is 1. The first-order valence-corrected chi connectivity index (χ1v) is 8.81. The average molecular weight is 386 g/mol. The van der Waals surface area contributed by atoms with Crippen molar-refractivity contribution in [1.82, 2.24) is 34.0 Å². The molecule has 140 valence electrons. The van der Waals surface area contributed by atoms with E-state index in [0.717, 1.165) is 42.5 Å². The van der Waals surface area contributed by atoms with Crippen molar-refractivity contribution in [2.24, 2.45) is 7.05 Å². The van der Waals surface area contributed by atoms with Crippen LogP contribution in [0.3, 0.4) is 0 Å². The van der Waals surface area contributed by atoms with Gasteiger partial charge >= 0.3 is 5.69 Å². The Balaban J connectivity index is 0.00000180. The van der Waals surface area contributed by atoms with E-state index in [9.17, 15) is 4.79 Å². The molecule has 1 aliphatic rings. The lowest BCUT2D eigenvalue weighted by Crippen LogP contribution is -2.34. The Morgan fingerprint density at radius 2 is 1.96 bits per heavy atom. The van der Waals surface area contributed by atoms with E-state index in [2.05, 4.69) is 15.4 Å². The molecular formula is C18H20ClN7O. The van der Waals surface area contributed by atoms with Crippen LogP contribution in [0, 0.1) is 0 Å². The van der Waals surface area contributed by atoms with E-state index in [-0.39, 0.29) is 24.1 Å². The fraction of sp³-hybridized carbons (Fsp3) is 0.333. The van der Waals surface area contributed by atoms with Crippen molar-refractivity contribution in [3.8, 4) is 11.4 Å². The van der Waals surface area contributed by atoms with Crippen molar-refractivity contribution in [2.75, 3.05) is 13.1 Å². The highest BCUT2D eigenvalue weighted by Crippen LogP contribution is 2.25. The van der Waals surface area contributed by atoms with E-state index in [4.69, 9.17) is 4.98 Å². The Labute approximate surface area is 161 Å². The van der Waals surface area contributed by atoms with Crippen LogP contribution < -0.4 is 11.0 Å². The van der Waals surface area contributed by atoms with Gasteiger partial charge in [-0.3, -0.25) is 9.13 Å². The maximum Gasteiger partial charge on any atom is 0.330 e. The third kappa shape index (κ3) is 2.72. The predicted molar refractivity (Wildman–Crippen MR) is 105 cm³/mol. The number of nitrogens with one attached hydrogen (secondary N) is 1. The second-order valence-electron chi connectivity index (χ2n) is 6.68. The molecule has 5 rings (SSSR count). The summed E-state index contributed by atoms with van der Waals surface area (Å²) in [6.07, 6.45) is 7.25. The van der Waals surface area contributed by atoms with Crippen LogP contribution in [0.4, 0.5) is 0 Å². The largest absolute Gasteiger partial charge is 0.330 e. The van der Waals surface area contributed by atoms with Gasteiger partial charge in [0.1, 0.15) is 5.52 Å². The topological polar surface area (TPSA) is 82.0 Å². The minimum atomic E-state index is -0.0294. The molecule has 0 atom stereocenters. The minimum absolute atomic E-state index is 0. The molecular weight excluding hydrogens is 366 g/mol. The van der Waals surface area contributed by atoms with Crippen LogP contribution in [0.2, 0.25) is 0 Å². The summed E-state index contributed by atoms with van der Waals surface area (Å²) in [7, 11) is 1.78. The molecule has 0 bridgehead atoms. The van der Waals surface area contributed by atoms with Gasteiger partial charge in [-0.1, -0.05) is 6.07 Å². The highest BCUT2D eigenvalue weighted by molar-refractivity contribution is 5.85. The molecule has 0 unspecified atom stereocenters. The van der Waals surface area contributed by atoms with Crippen LogP contribution in [0.5, 0.6) is 0 Å². The number of hydrogen-bond donors (Lipinski definition) is 1. The molecule has 0 saturated carbocycles. The lowest BCUT2D eigenvalue weighted by molar-refractivity contribution is 0.364. The van der Waals surface area contributed by atoms with Gasteiger partial charge in [-0.2, -0.15) is 5.10 Å². The van der Waals surface area contributed by atoms with E-state index in [1.165, 1.54) is 0 Å². The molecule has 4 aromatic heterocycles. The molecule has 4 aromatic rings. The second-order valence-corrected chi connectivity index (χ2v) is 6.68. The Morgan fingerprint density at radius 1 is 1.15 bits per heavy atom. The van der Waals surface area contributed by atoms with Crippen molar-refractivity contribution in [3.05, 3.63) is 47.3 Å². The number of piperidine rings is 1. The zero-order chi connectivity index (χ0) is 17.7. The number of imidazole rings is 1. The van der Waals surface area contributed by atoms with Crippen LogP contribution in [-0.2, 0) is 7.05 Å². The standard InChI is InChI=1S/C18H19N7O.ClH/c1-23-15-11-20-16(13-10-21-24-9-3-2-4-14(13)24)22-17(15)25(18(23)26)12-5-7-19-8-6-12;/h2-4,9-12,19H,5-8H2,1H3;1H. The van der Waals surface area contributed by atoms with Gasteiger partial charge in [0, 0.05) is 19.3 Å². The molecule has 0 spiro atoms. The summed E-state index contributed by atoms with van der Waals surface area (Å²) in [4.78, 5) is 22.1. The third-order valence-electron chi connectivity index (χ3n) is 5.17. The number of nitrogens with zero attached hydrogens (tertiary/aromatic N) is 6. The number of hydrogen-bond acceptors (Lipinski definition) is 5. The van der Waals surface area contributed by atoms with Crippen molar-refractivity contribution >= 4 is 29.1 Å². The first kappa shape index (κ1) is 17.7. The Hall–Kier alpha value is -2.71. The highest BCUT2D eigenvalue weighted by atomic mass is 35.5. The third-order valence-corrected chi connectivity index (χ3v) is 5.17. The van der Waals surface area contributed by atoms with Crippen molar-refractivity contribution in [2.45, 2.75) is 18.9 Å². The molecule has 1 fully saturated rings. The van der Waals surface area contributed by atoms with Crippen LogP contribution in [-0.4, -0.2) is 41.8 Å². The van der Waals surface area contributed by atoms with Gasteiger partial charge in [0.2, 0.25) is 0 Å². The van der Waals surface area contributed by atoms with E-state index >= 15 is 0 Å². The molecule has 0 aliphatic carbocycles. The first-order valence-electron chi connectivity index (χ1n) is 8.81. The highest BCUT2D eigenvalue weighted by Gasteiger charge is 2.23. The Kier molecular flexibility index (Phi) is 4.45. The summed E-state index contributed by atoms with van der Waals surface area (Å²) in [5, 5.41) is 7.71. The number of aromatic nitrogens is 6. The predicted octanol–water partition coefficient (Wildman–Crippen LogP) is 1.79. The number of fused-ring (bicyclic) bond motifs is 2. The maximum atomic E-state index is 12.8. The van der Waals surface area contributed by atoms with Gasteiger partial charge in [0.15, 0.2) is 11.5 Å². The number of halogens is 1. The molecule has 1 aliphatic heterocycles. The zero-order valence-corrected chi connectivity index (χ0v) is 15.7. The molecule has 0 radical (unpaired) electrons.